The van der Waals surface area contributed by atoms with Gasteiger partial charge in [0.2, 0.25) is 94.5 Å². The summed E-state index contributed by atoms with van der Waals surface area (Å²) in [6.07, 6.45) is 0.962. The van der Waals surface area contributed by atoms with Gasteiger partial charge in [-0.15, -0.1) is 11.8 Å². The number of benzene rings is 3. The van der Waals surface area contributed by atoms with Crippen molar-refractivity contribution in [3.63, 3.8) is 0 Å². The third kappa shape index (κ3) is 26.3. The van der Waals surface area contributed by atoms with Crippen LogP contribution in [0.1, 0.15) is 141 Å². The predicted octanol–water partition coefficient (Wildman–Crippen LogP) is -2.66. The first-order chi connectivity index (χ1) is 62.5. The summed E-state index contributed by atoms with van der Waals surface area (Å²) in [5.41, 5.74) is 19.9. The van der Waals surface area contributed by atoms with Crippen LogP contribution < -0.4 is 70.4 Å². The van der Waals surface area contributed by atoms with Gasteiger partial charge in [-0.3, -0.25) is 86.8 Å². The molecule has 2 aromatic heterocycles. The van der Waals surface area contributed by atoms with Gasteiger partial charge in [0.15, 0.2) is 0 Å². The fourth-order valence-electron chi connectivity index (χ4n) is 17.6. The number of β-amino-alcohol motifs (C(OH)–C–C–N with tert-alkyl or cyclic N) is 1. The Morgan fingerprint density at radius 1 is 0.557 bits per heavy atom. The molecule has 5 aliphatic rings. The molecular formula is C89H124N20O21S. The van der Waals surface area contributed by atoms with E-state index in [2.05, 4.69) is 58.2 Å². The molecule has 41 nitrogen and oxygen atoms in total. The molecule has 17 atom stereocenters. The molecular weight excluding hydrogens is 1720 g/mol. The fourth-order valence-corrected chi connectivity index (χ4v) is 18.6. The largest absolute Gasteiger partial charge is 0.508 e. The number of primary amides is 2. The summed E-state index contributed by atoms with van der Waals surface area (Å²) in [6, 6.07) is 0.582. The van der Waals surface area contributed by atoms with Crippen LogP contribution in [0.2, 0.25) is 0 Å². The van der Waals surface area contributed by atoms with E-state index < -0.39 is 242 Å². The number of amides is 16. The smallest absolute Gasteiger partial charge is 0.323 e. The topological polar surface area (TPSA) is 606 Å². The van der Waals surface area contributed by atoms with E-state index in [1.165, 1.54) is 54.0 Å². The number of likely N-dealkylation sites (N-methyl/N-ethyl adjacent to an activating group) is 2. The molecule has 10 rings (SSSR count). The zero-order valence-electron chi connectivity index (χ0n) is 74.5. The standard InChI is InChI=1S/C89H124N20O21S/c1-7-48(3)75-88(129)105(6)69(81(122)94-41-71(92)113)46-131-47-73(115)96-62(35-50-27-29-53(110)30-28-50)86(127)108-34-18-26-67(108)83(124)101-63(39-70(91)112)87(128)107-33-17-25-66(107)80(121)95-42-72(114)102-76(49(4)8-2)89(130)109-44-54(111)38-68(109)84(125)100-60(36-51-40-93-57-21-15-13-19-55(51)57)78(119)97-58(31-32-90)77(118)99-61(37-52-43-106(45-74(116)117)64-23-16-14-20-56(52)64)79(120)98-59-22-11-9-10-12-24-65(82(123)103-75)104(5)85(59)126/h13-16,19-21,23,27-30,40,43,48-49,54,58-63,65-69,72,75-76,93,102,110-111,114H,7-12,17-18,22,24-26,31-39,41-42,44-47,90H2,1-6H3,(H2,91,112)(H2,92,113)(H,94,122)(H,95,121)(H,96,115)(H,97,119)(H,98,120)(H,99,118)(H,100,125)(H,101,124)(H,103,123)(H,116,117)/t48?,49?,54-,58+,59?,60+,61+,62+,63-,65?,66-,67+,68+,69+,72?,75+,76+/m1/s1. The molecule has 5 aliphatic heterocycles. The van der Waals surface area contributed by atoms with Crippen LogP contribution in [0.3, 0.4) is 0 Å². The minimum Gasteiger partial charge on any atom is -0.508 e. The molecule has 7 heterocycles. The van der Waals surface area contributed by atoms with E-state index in [0.717, 1.165) is 31.4 Å². The fraction of sp³-hybridized carbons (Fsp3) is 0.562. The summed E-state index contributed by atoms with van der Waals surface area (Å²) >= 11 is 0.836. The molecule has 0 spiro atoms. The van der Waals surface area contributed by atoms with E-state index in [9.17, 15) is 58.8 Å². The number of nitrogens with two attached hydrogens (primary N) is 3. The molecule has 712 valence electrons. The number of hydrogen-bond donors (Lipinski definition) is 18. The Morgan fingerprint density at radius 3 is 1.79 bits per heavy atom. The number of nitrogens with one attached hydrogen (secondary N) is 11. The summed E-state index contributed by atoms with van der Waals surface area (Å²) in [5.74, 6) is -17.4. The maximum absolute atomic E-state index is 15.5. The Bertz CT molecular complexity index is 4990. The highest BCUT2D eigenvalue weighted by atomic mass is 32.2. The zero-order chi connectivity index (χ0) is 95.2. The average Bonchev–Trinajstić information content (AvgIpc) is 1.73. The number of carboxylic acid groups (broad SMARTS) is 1. The van der Waals surface area contributed by atoms with Gasteiger partial charge < -0.3 is 120 Å². The van der Waals surface area contributed by atoms with Gasteiger partial charge in [-0.05, 0) is 104 Å². The van der Waals surface area contributed by atoms with E-state index in [-0.39, 0.29) is 108 Å². The highest BCUT2D eigenvalue weighted by molar-refractivity contribution is 8.00. The number of carboxylic acids is 1. The SMILES string of the molecule is CCC(C)[C@@H]1NC(=O)C2CCCCCCC(NC(=O)[C@H](Cc3cn(CC(=O)O)c4ccccc34)NC(=O)[C@H](CCN)NC(=O)[C@H](Cc3c[nH]c4ccccc34)NC(=O)[C@@H]3C[C@@H](O)CN3C(=O)[C@H](C(C)CC)NC(O)CNC(=O)[C@H]3CCCN3C(=O)[C@@H](CC(N)=O)NC(=O)[C@@H]3CCCN3C(=O)[C@H](Cc3ccc(O)cc3)NC(=O)CSC[C@@H](C(=O)NCC(N)=O)N(C)C1=O)C(=O)N2C. The van der Waals surface area contributed by atoms with Gasteiger partial charge in [0, 0.05) is 99.4 Å². The molecule has 2 bridgehead atoms. The summed E-state index contributed by atoms with van der Waals surface area (Å²) in [7, 11) is 2.63. The van der Waals surface area contributed by atoms with Gasteiger partial charge >= 0.3 is 5.97 Å². The normalized spacial score (nSPS) is 26.8. The van der Waals surface area contributed by atoms with Crippen molar-refractivity contribution in [3.05, 3.63) is 102 Å². The lowest BCUT2D eigenvalue weighted by Gasteiger charge is -2.36. The Balaban J connectivity index is 0.999. The number of thioether (sulfide) groups is 1. The molecule has 5 aromatic rings. The Labute approximate surface area is 761 Å². The number of rotatable bonds is 19. The summed E-state index contributed by atoms with van der Waals surface area (Å²) < 4.78 is 1.44. The molecule has 0 radical (unpaired) electrons. The van der Waals surface area contributed by atoms with Crippen molar-refractivity contribution >= 4 is 134 Å². The van der Waals surface area contributed by atoms with E-state index in [4.69, 9.17) is 17.2 Å². The number of carbonyl (C=O) groups is 17. The van der Waals surface area contributed by atoms with Gasteiger partial charge in [-0.1, -0.05) is 115 Å². The van der Waals surface area contributed by atoms with Gasteiger partial charge in [0.1, 0.15) is 91.0 Å². The second kappa shape index (κ2) is 47.0. The first-order valence-electron chi connectivity index (χ1n) is 44.7. The van der Waals surface area contributed by atoms with E-state index in [1.54, 1.807) is 82.4 Å². The van der Waals surface area contributed by atoms with Crippen LogP contribution in [-0.4, -0.2) is 311 Å². The van der Waals surface area contributed by atoms with Crippen LogP contribution in [0.25, 0.3) is 21.8 Å². The number of carbonyl (C=O) groups excluding carboxylic acids is 16. The maximum atomic E-state index is 15.5. The minimum atomic E-state index is -1.71. The van der Waals surface area contributed by atoms with E-state index in [1.807, 2.05) is 0 Å². The highest BCUT2D eigenvalue weighted by Gasteiger charge is 2.48. The number of nitrogens with zero attached hydrogens (tertiary/aromatic N) is 6. The molecule has 42 heteroatoms. The van der Waals surface area contributed by atoms with Crippen molar-refractivity contribution in [1.82, 2.24) is 87.2 Å². The molecule has 0 aliphatic carbocycles. The van der Waals surface area contributed by atoms with Crippen LogP contribution in [0.5, 0.6) is 5.75 Å². The van der Waals surface area contributed by atoms with Gasteiger partial charge in [0.05, 0.1) is 37.4 Å². The third-order valence-corrected chi connectivity index (χ3v) is 26.3. The van der Waals surface area contributed by atoms with Crippen LogP contribution in [0.15, 0.2) is 85.2 Å². The van der Waals surface area contributed by atoms with Crippen LogP contribution >= 0.6 is 11.8 Å². The van der Waals surface area contributed by atoms with Gasteiger partial charge in [-0.25, -0.2) is 0 Å². The number of aromatic hydroxyl groups is 1. The number of fused-ring (bicyclic) bond motifs is 8. The van der Waals surface area contributed by atoms with E-state index >= 15 is 43.2 Å². The first kappa shape index (κ1) is 101. The third-order valence-electron chi connectivity index (χ3n) is 25.2. The number of hydrogen-bond acceptors (Lipinski definition) is 23. The summed E-state index contributed by atoms with van der Waals surface area (Å²) in [5, 5.41) is 71.9. The predicted molar refractivity (Wildman–Crippen MR) is 479 cm³/mol. The van der Waals surface area contributed by atoms with Crippen molar-refractivity contribution in [2.45, 2.75) is 241 Å². The van der Waals surface area contributed by atoms with Gasteiger partial charge in [-0.2, -0.15) is 0 Å². The number of phenols is 1. The van der Waals surface area contributed by atoms with Crippen molar-refractivity contribution in [3.8, 4) is 5.75 Å². The maximum Gasteiger partial charge on any atom is 0.323 e. The number of aliphatic hydroxyl groups is 2. The monoisotopic (exact) mass is 1840 g/mol. The molecule has 3 aromatic carbocycles. The van der Waals surface area contributed by atoms with E-state index in [0.29, 0.717) is 70.6 Å². The number of aliphatic hydroxyl groups excluding tert-OH is 2. The molecule has 0 saturated carbocycles. The summed E-state index contributed by atoms with van der Waals surface area (Å²) in [4.78, 5) is 256. The molecule has 16 amide bonds. The van der Waals surface area contributed by atoms with Crippen LogP contribution in [0, 0.1) is 11.8 Å². The number of aromatic amines is 1. The number of para-hydroxylation sites is 2. The van der Waals surface area contributed by atoms with Crippen molar-refractivity contribution < 1.29 is 102 Å². The lowest BCUT2D eigenvalue weighted by Crippen LogP contribution is -2.62. The molecule has 5 saturated heterocycles. The average molecular weight is 1840 g/mol. The number of phenolic OH excluding ortho intramolecular Hbond substituents is 1. The lowest BCUT2D eigenvalue weighted by atomic mass is 9.95. The Morgan fingerprint density at radius 2 is 1.13 bits per heavy atom. The second-order valence-corrected chi connectivity index (χ2v) is 35.6. The van der Waals surface area contributed by atoms with Crippen molar-refractivity contribution in [1.29, 1.82) is 0 Å². The zero-order valence-corrected chi connectivity index (χ0v) is 75.4. The molecule has 5 fully saturated rings. The molecule has 131 heavy (non-hydrogen) atoms. The van der Waals surface area contributed by atoms with Crippen molar-refractivity contribution in [2.75, 3.05) is 64.9 Å². The highest BCUT2D eigenvalue weighted by Crippen LogP contribution is 2.30. The van der Waals surface area contributed by atoms with Crippen LogP contribution in [-0.2, 0) is 107 Å². The molecule has 21 N–H and O–H groups in total. The second-order valence-electron chi connectivity index (χ2n) is 34.6. The van der Waals surface area contributed by atoms with Gasteiger partial charge in [0.25, 0.3) is 0 Å². The number of H-pyrrole nitrogens is 1. The quantitative estimate of drug-likeness (QED) is 0.0401. The number of aliphatic carboxylic acids is 1. The van der Waals surface area contributed by atoms with Crippen molar-refractivity contribution in [2.24, 2.45) is 29.0 Å². The lowest BCUT2D eigenvalue weighted by molar-refractivity contribution is -0.146. The molecule has 5 unspecified atom stereocenters. The minimum absolute atomic E-state index is 0.00395. The Kier molecular flexibility index (Phi) is 36.2. The first-order valence-corrected chi connectivity index (χ1v) is 45.8. The van der Waals surface area contributed by atoms with Crippen LogP contribution in [0.4, 0.5) is 0 Å². The Hall–Kier alpha value is -12.3. The summed E-state index contributed by atoms with van der Waals surface area (Å²) in [6.45, 7) is 4.35. The number of aromatic nitrogens is 2.